The van der Waals surface area contributed by atoms with Crippen LogP contribution in [0.1, 0.15) is 25.7 Å². The lowest BCUT2D eigenvalue weighted by Gasteiger charge is -2.08. The Labute approximate surface area is 55.8 Å². The van der Waals surface area contributed by atoms with Gasteiger partial charge in [-0.2, -0.15) is 0 Å². The van der Waals surface area contributed by atoms with Gasteiger partial charge in [-0.05, 0) is 12.8 Å². The first kappa shape index (κ1) is 7.03. The highest BCUT2D eigenvalue weighted by atomic mass is 16.5. The molecule has 0 spiro atoms. The molecule has 0 aromatic rings. The Morgan fingerprint density at radius 1 is 1.33 bits per heavy atom. The summed E-state index contributed by atoms with van der Waals surface area (Å²) in [6.07, 6.45) is 4.54. The summed E-state index contributed by atoms with van der Waals surface area (Å²) in [6.45, 7) is 0.743. The Morgan fingerprint density at radius 2 is 2.22 bits per heavy atom. The highest BCUT2D eigenvalue weighted by Gasteiger charge is 2.10. The second-order valence-corrected chi connectivity index (χ2v) is 2.51. The predicted molar refractivity (Wildman–Crippen MR) is 33.8 cm³/mol. The predicted octanol–water partition coefficient (Wildman–Crippen LogP) is 1.38. The van der Waals surface area contributed by atoms with Crippen LogP contribution in [0.5, 0.6) is 0 Å². The normalized spacial score (nSPS) is 29.7. The maximum Gasteiger partial charge on any atom is 0.108 e. The van der Waals surface area contributed by atoms with Crippen LogP contribution in [0.15, 0.2) is 0 Å². The van der Waals surface area contributed by atoms with Gasteiger partial charge in [0, 0.05) is 6.61 Å². The number of rotatable bonds is 1. The quantitative estimate of drug-likeness (QED) is 0.525. The van der Waals surface area contributed by atoms with Crippen molar-refractivity contribution in [3.05, 3.63) is 0 Å². The molecular formula is C7H13O2. The van der Waals surface area contributed by atoms with Gasteiger partial charge in [0.1, 0.15) is 6.61 Å². The smallest absolute Gasteiger partial charge is 0.108 e. The van der Waals surface area contributed by atoms with Crippen molar-refractivity contribution in [1.82, 2.24) is 0 Å². The fourth-order valence-electron chi connectivity index (χ4n) is 1.12. The standard InChI is InChI=1S/C7H13O2/c8-6-7-4-2-1-3-5-9-7/h7H,1-6H2. The summed E-state index contributed by atoms with van der Waals surface area (Å²) in [5.74, 6) is 0. The van der Waals surface area contributed by atoms with E-state index < -0.39 is 0 Å². The zero-order chi connectivity index (χ0) is 6.53. The highest BCUT2D eigenvalue weighted by molar-refractivity contribution is 4.59. The lowest BCUT2D eigenvalue weighted by Crippen LogP contribution is -2.14. The molecule has 0 aliphatic carbocycles. The Kier molecular flexibility index (Phi) is 3.01. The molecule has 0 aromatic carbocycles. The van der Waals surface area contributed by atoms with Crippen LogP contribution in [0.4, 0.5) is 0 Å². The summed E-state index contributed by atoms with van der Waals surface area (Å²) in [4.78, 5) is 0. The third-order valence-corrected chi connectivity index (χ3v) is 1.71. The van der Waals surface area contributed by atoms with E-state index >= 15 is 0 Å². The summed E-state index contributed by atoms with van der Waals surface area (Å²) >= 11 is 0. The van der Waals surface area contributed by atoms with E-state index in [2.05, 4.69) is 0 Å². The van der Waals surface area contributed by atoms with E-state index in [-0.39, 0.29) is 12.7 Å². The van der Waals surface area contributed by atoms with E-state index in [1.54, 1.807) is 0 Å². The first-order valence-corrected chi connectivity index (χ1v) is 3.63. The van der Waals surface area contributed by atoms with Crippen LogP contribution in [0, 0.1) is 0 Å². The van der Waals surface area contributed by atoms with Gasteiger partial charge in [0.25, 0.3) is 0 Å². The molecule has 0 aromatic heterocycles. The maximum absolute atomic E-state index is 10.3. The first-order chi connectivity index (χ1) is 4.43. The Bertz CT molecular complexity index is 65.3. The van der Waals surface area contributed by atoms with Crippen LogP contribution < -0.4 is 0 Å². The van der Waals surface area contributed by atoms with Gasteiger partial charge in [-0.25, -0.2) is 5.11 Å². The van der Waals surface area contributed by atoms with Gasteiger partial charge in [0.2, 0.25) is 0 Å². The molecule has 0 N–H and O–H groups in total. The number of hydrogen-bond acceptors (Lipinski definition) is 1. The lowest BCUT2D eigenvalue weighted by molar-refractivity contribution is -0.00508. The van der Waals surface area contributed by atoms with Crippen LogP contribution in [0.3, 0.4) is 0 Å². The van der Waals surface area contributed by atoms with Crippen molar-refractivity contribution < 1.29 is 9.84 Å². The van der Waals surface area contributed by atoms with Crippen molar-refractivity contribution in [3.63, 3.8) is 0 Å². The van der Waals surface area contributed by atoms with Crippen molar-refractivity contribution in [1.29, 1.82) is 0 Å². The molecular weight excluding hydrogens is 116 g/mol. The van der Waals surface area contributed by atoms with Gasteiger partial charge in [0.15, 0.2) is 0 Å². The minimum absolute atomic E-state index is 0.0208. The molecule has 1 fully saturated rings. The molecule has 2 nitrogen and oxygen atoms in total. The third-order valence-electron chi connectivity index (χ3n) is 1.71. The molecule has 1 heterocycles. The minimum Gasteiger partial charge on any atom is -0.376 e. The maximum atomic E-state index is 10.3. The molecule has 1 saturated heterocycles. The van der Waals surface area contributed by atoms with E-state index in [4.69, 9.17) is 4.74 Å². The Morgan fingerprint density at radius 3 is 3.00 bits per heavy atom. The molecule has 1 unspecified atom stereocenters. The topological polar surface area (TPSA) is 29.1 Å². The summed E-state index contributed by atoms with van der Waals surface area (Å²) < 4.78 is 5.24. The lowest BCUT2D eigenvalue weighted by atomic mass is 10.1. The van der Waals surface area contributed by atoms with Crippen LogP contribution in [0.2, 0.25) is 0 Å². The Hall–Kier alpha value is -0.0800. The molecule has 0 bridgehead atoms. The molecule has 1 radical (unpaired) electrons. The van der Waals surface area contributed by atoms with Gasteiger partial charge in [-0.15, -0.1) is 0 Å². The summed E-state index contributed by atoms with van der Waals surface area (Å²) in [5, 5.41) is 10.3. The zero-order valence-corrected chi connectivity index (χ0v) is 5.64. The van der Waals surface area contributed by atoms with E-state index in [1.165, 1.54) is 12.8 Å². The molecule has 1 atom stereocenters. The molecule has 0 amide bonds. The monoisotopic (exact) mass is 129 g/mol. The van der Waals surface area contributed by atoms with E-state index in [1.807, 2.05) is 0 Å². The average molecular weight is 129 g/mol. The molecule has 53 valence electrons. The number of hydrogen-bond donors (Lipinski definition) is 0. The van der Waals surface area contributed by atoms with Crippen LogP contribution in [0.25, 0.3) is 0 Å². The largest absolute Gasteiger partial charge is 0.376 e. The SMILES string of the molecule is [O]CC1CCCCCO1. The zero-order valence-electron chi connectivity index (χ0n) is 5.64. The van der Waals surface area contributed by atoms with Gasteiger partial charge in [0.05, 0.1) is 6.10 Å². The van der Waals surface area contributed by atoms with Crippen molar-refractivity contribution in [2.45, 2.75) is 31.8 Å². The highest BCUT2D eigenvalue weighted by Crippen LogP contribution is 2.11. The summed E-state index contributed by atoms with van der Waals surface area (Å²) in [6, 6.07) is 0. The molecule has 2 heteroatoms. The van der Waals surface area contributed by atoms with Gasteiger partial charge < -0.3 is 4.74 Å². The van der Waals surface area contributed by atoms with Gasteiger partial charge in [-0.3, -0.25) is 0 Å². The first-order valence-electron chi connectivity index (χ1n) is 3.63. The Balaban J connectivity index is 2.18. The third kappa shape index (κ3) is 2.33. The van der Waals surface area contributed by atoms with Gasteiger partial charge in [-0.1, -0.05) is 12.8 Å². The molecule has 9 heavy (non-hydrogen) atoms. The van der Waals surface area contributed by atoms with Crippen molar-refractivity contribution in [2.75, 3.05) is 13.2 Å². The second-order valence-electron chi connectivity index (χ2n) is 2.51. The molecule has 1 rings (SSSR count). The average Bonchev–Trinajstić information content (AvgIpc) is 2.13. The summed E-state index contributed by atoms with van der Waals surface area (Å²) in [7, 11) is 0. The van der Waals surface area contributed by atoms with Crippen molar-refractivity contribution >= 4 is 0 Å². The summed E-state index contributed by atoms with van der Waals surface area (Å²) in [5.41, 5.74) is 0. The second kappa shape index (κ2) is 3.85. The van der Waals surface area contributed by atoms with Crippen LogP contribution in [-0.2, 0) is 9.84 Å². The van der Waals surface area contributed by atoms with Gasteiger partial charge >= 0.3 is 0 Å². The van der Waals surface area contributed by atoms with Crippen LogP contribution >= 0.6 is 0 Å². The van der Waals surface area contributed by atoms with E-state index in [9.17, 15) is 5.11 Å². The fraction of sp³-hybridized carbons (Fsp3) is 1.00. The molecule has 1 aliphatic heterocycles. The van der Waals surface area contributed by atoms with E-state index in [0.29, 0.717) is 0 Å². The fourth-order valence-corrected chi connectivity index (χ4v) is 1.12. The van der Waals surface area contributed by atoms with Crippen molar-refractivity contribution in [2.24, 2.45) is 0 Å². The molecule has 0 saturated carbocycles. The van der Waals surface area contributed by atoms with E-state index in [0.717, 1.165) is 19.4 Å². The number of ether oxygens (including phenoxy) is 1. The van der Waals surface area contributed by atoms with Crippen LogP contribution in [-0.4, -0.2) is 19.3 Å². The molecule has 1 aliphatic rings. The minimum atomic E-state index is -0.0556. The van der Waals surface area contributed by atoms with Crippen molar-refractivity contribution in [3.8, 4) is 0 Å².